The summed E-state index contributed by atoms with van der Waals surface area (Å²) in [7, 11) is 0. The minimum absolute atomic E-state index is 0.104. The lowest BCUT2D eigenvalue weighted by Gasteiger charge is -2.07. The maximum atomic E-state index is 13.2. The van der Waals surface area contributed by atoms with Crippen molar-refractivity contribution in [2.45, 2.75) is 0 Å². The Balaban J connectivity index is 2.71. The lowest BCUT2D eigenvalue weighted by Crippen LogP contribution is -2.29. The molecule has 3 N–H and O–H groups in total. The number of benzene rings is 1. The van der Waals surface area contributed by atoms with Crippen molar-refractivity contribution in [1.82, 2.24) is 5.32 Å². The number of hydrogen-bond acceptors (Lipinski definition) is 4. The van der Waals surface area contributed by atoms with Crippen LogP contribution in [0.25, 0.3) is 0 Å². The van der Waals surface area contributed by atoms with Crippen LogP contribution >= 0.6 is 11.6 Å². The highest BCUT2D eigenvalue weighted by atomic mass is 35.5. The monoisotopic (exact) mass is 259 g/mol. The van der Waals surface area contributed by atoms with Crippen molar-refractivity contribution in [2.24, 2.45) is 4.99 Å². The largest absolute Gasteiger partial charge is 0.506 e. The van der Waals surface area contributed by atoms with E-state index >= 15 is 0 Å². The van der Waals surface area contributed by atoms with Crippen LogP contribution in [0, 0.1) is 5.82 Å². The number of carbonyl (C=O) groups excluding carboxylic acids is 2. The number of amides is 2. The normalized spacial score (nSPS) is 9.29. The molecule has 0 aliphatic rings. The predicted octanol–water partition coefficient (Wildman–Crippen LogP) is 1.60. The Morgan fingerprint density at radius 3 is 2.94 bits per heavy atom. The molecule has 0 aliphatic heterocycles. The fraction of sp³-hybridized carbons (Fsp3) is 0.111. The van der Waals surface area contributed by atoms with Crippen LogP contribution in [0.5, 0.6) is 5.75 Å². The summed E-state index contributed by atoms with van der Waals surface area (Å²) in [6.07, 6.45) is 1.22. The first-order valence-electron chi connectivity index (χ1n) is 4.31. The number of hydrogen-bond donors (Lipinski definition) is 3. The van der Waals surface area contributed by atoms with Gasteiger partial charge >= 0.3 is 6.03 Å². The van der Waals surface area contributed by atoms with E-state index in [9.17, 15) is 14.0 Å². The maximum absolute atomic E-state index is 13.2. The molecule has 0 aliphatic carbocycles. The molecule has 17 heavy (non-hydrogen) atoms. The van der Waals surface area contributed by atoms with E-state index in [-0.39, 0.29) is 17.4 Å². The minimum atomic E-state index is -0.846. The van der Waals surface area contributed by atoms with E-state index in [4.69, 9.17) is 16.7 Å². The number of halogens is 2. The van der Waals surface area contributed by atoms with E-state index in [2.05, 4.69) is 15.6 Å². The van der Waals surface area contributed by atoms with Gasteiger partial charge in [0.15, 0.2) is 5.82 Å². The molecule has 0 unspecified atom stereocenters. The predicted molar refractivity (Wildman–Crippen MR) is 58.2 cm³/mol. The number of phenols is 1. The lowest BCUT2D eigenvalue weighted by molar-refractivity contribution is 0.252. The zero-order valence-corrected chi connectivity index (χ0v) is 9.08. The quantitative estimate of drug-likeness (QED) is 0.437. The van der Waals surface area contributed by atoms with Crippen molar-refractivity contribution in [2.75, 3.05) is 12.0 Å². The highest BCUT2D eigenvalue weighted by molar-refractivity contribution is 6.32. The molecule has 0 spiro atoms. The molecule has 0 saturated heterocycles. The van der Waals surface area contributed by atoms with Crippen molar-refractivity contribution in [3.05, 3.63) is 23.0 Å². The third kappa shape index (κ3) is 3.75. The van der Waals surface area contributed by atoms with Crippen LogP contribution in [-0.4, -0.2) is 23.9 Å². The number of carbonyl (C=O) groups is 1. The van der Waals surface area contributed by atoms with Gasteiger partial charge in [0, 0.05) is 6.07 Å². The lowest BCUT2D eigenvalue weighted by atomic mass is 10.3. The van der Waals surface area contributed by atoms with Crippen LogP contribution in [-0.2, 0) is 4.79 Å². The van der Waals surface area contributed by atoms with Crippen molar-refractivity contribution < 1.29 is 19.1 Å². The molecule has 0 atom stereocenters. The van der Waals surface area contributed by atoms with Crippen LogP contribution in [0.3, 0.4) is 0 Å². The van der Waals surface area contributed by atoms with E-state index in [1.54, 1.807) is 0 Å². The summed E-state index contributed by atoms with van der Waals surface area (Å²) in [5.74, 6) is -1.28. The number of phenolic OH excluding ortho intramolecular Hbond substituents is 1. The van der Waals surface area contributed by atoms with Crippen LogP contribution < -0.4 is 10.6 Å². The van der Waals surface area contributed by atoms with Crippen LogP contribution in [0.4, 0.5) is 14.9 Å². The van der Waals surface area contributed by atoms with Crippen molar-refractivity contribution >= 4 is 29.4 Å². The Kier molecular flexibility index (Phi) is 4.45. The summed E-state index contributed by atoms with van der Waals surface area (Å²) >= 11 is 5.54. The molecule has 0 aromatic heterocycles. The second-order valence-corrected chi connectivity index (χ2v) is 3.23. The van der Waals surface area contributed by atoms with Gasteiger partial charge in [0.25, 0.3) is 0 Å². The summed E-state index contributed by atoms with van der Waals surface area (Å²) in [5, 5.41) is 13.2. The van der Waals surface area contributed by atoms with Gasteiger partial charge in [-0.1, -0.05) is 11.6 Å². The smallest absolute Gasteiger partial charge is 0.320 e. The average molecular weight is 260 g/mol. The maximum Gasteiger partial charge on any atom is 0.320 e. The summed E-state index contributed by atoms with van der Waals surface area (Å²) in [6.45, 7) is -0.275. The number of isocyanates is 1. The molecular weight excluding hydrogens is 253 g/mol. The molecule has 0 fully saturated rings. The Bertz CT molecular complexity index is 489. The Hall–Kier alpha value is -2.11. The SMILES string of the molecule is O=C=NCNC(=O)Nc1cc(Cl)c(O)cc1F. The number of nitrogens with zero attached hydrogens (tertiary/aromatic N) is 1. The van der Waals surface area contributed by atoms with Gasteiger partial charge in [0.2, 0.25) is 6.08 Å². The summed E-state index contributed by atoms with van der Waals surface area (Å²) in [6, 6.07) is 1.04. The van der Waals surface area contributed by atoms with Crippen LogP contribution in [0.2, 0.25) is 5.02 Å². The van der Waals surface area contributed by atoms with Gasteiger partial charge < -0.3 is 15.7 Å². The molecule has 1 aromatic carbocycles. The first kappa shape index (κ1) is 13.0. The topological polar surface area (TPSA) is 90.8 Å². The highest BCUT2D eigenvalue weighted by Crippen LogP contribution is 2.28. The van der Waals surface area contributed by atoms with Crippen molar-refractivity contribution in [3.8, 4) is 5.75 Å². The Morgan fingerprint density at radius 2 is 2.29 bits per heavy atom. The number of aromatic hydroxyl groups is 1. The number of aliphatic imine (C=N–C) groups is 1. The van der Waals surface area contributed by atoms with Gasteiger partial charge in [0.05, 0.1) is 10.7 Å². The molecule has 2 amide bonds. The minimum Gasteiger partial charge on any atom is -0.506 e. The van der Waals surface area contributed by atoms with E-state index < -0.39 is 17.6 Å². The number of nitrogens with one attached hydrogen (secondary N) is 2. The number of urea groups is 1. The molecule has 0 saturated carbocycles. The van der Waals surface area contributed by atoms with E-state index in [0.29, 0.717) is 0 Å². The molecule has 0 heterocycles. The Labute approximate surface area is 100 Å². The third-order valence-corrected chi connectivity index (χ3v) is 1.97. The average Bonchev–Trinajstić information content (AvgIpc) is 2.26. The molecular formula is C9H7ClFN3O3. The van der Waals surface area contributed by atoms with Gasteiger partial charge in [0.1, 0.15) is 12.4 Å². The van der Waals surface area contributed by atoms with E-state index in [1.807, 2.05) is 0 Å². The molecule has 1 rings (SSSR count). The summed E-state index contributed by atoms with van der Waals surface area (Å²) in [4.78, 5) is 23.9. The molecule has 0 bridgehead atoms. The molecule has 8 heteroatoms. The number of anilines is 1. The van der Waals surface area contributed by atoms with Gasteiger partial charge in [-0.2, -0.15) is 4.99 Å². The van der Waals surface area contributed by atoms with Gasteiger partial charge in [-0.05, 0) is 6.07 Å². The fourth-order valence-corrected chi connectivity index (χ4v) is 1.11. The molecule has 90 valence electrons. The van der Waals surface area contributed by atoms with Gasteiger partial charge in [-0.3, -0.25) is 0 Å². The third-order valence-electron chi connectivity index (χ3n) is 1.67. The summed E-state index contributed by atoms with van der Waals surface area (Å²) < 4.78 is 13.2. The van der Waals surface area contributed by atoms with Crippen LogP contribution in [0.1, 0.15) is 0 Å². The number of rotatable bonds is 3. The van der Waals surface area contributed by atoms with E-state index in [1.165, 1.54) is 6.08 Å². The standard InChI is InChI=1S/C9H7ClFN3O3/c10-5-1-7(6(11)2-8(5)16)14-9(17)13-3-12-4-15/h1-2,16H,3H2,(H2,13,14,17). The summed E-state index contributed by atoms with van der Waals surface area (Å²) in [5.41, 5.74) is -0.208. The fourth-order valence-electron chi connectivity index (χ4n) is 0.942. The first-order valence-corrected chi connectivity index (χ1v) is 4.69. The van der Waals surface area contributed by atoms with Crippen molar-refractivity contribution in [3.63, 3.8) is 0 Å². The second kappa shape index (κ2) is 5.83. The first-order chi connectivity index (χ1) is 8.04. The van der Waals surface area contributed by atoms with Crippen molar-refractivity contribution in [1.29, 1.82) is 0 Å². The second-order valence-electron chi connectivity index (χ2n) is 2.82. The van der Waals surface area contributed by atoms with Crippen LogP contribution in [0.15, 0.2) is 17.1 Å². The highest BCUT2D eigenvalue weighted by Gasteiger charge is 2.10. The van der Waals surface area contributed by atoms with Gasteiger partial charge in [-0.25, -0.2) is 14.0 Å². The molecule has 6 nitrogen and oxygen atoms in total. The Morgan fingerprint density at radius 1 is 1.59 bits per heavy atom. The zero-order valence-electron chi connectivity index (χ0n) is 8.33. The van der Waals surface area contributed by atoms with E-state index in [0.717, 1.165) is 12.1 Å². The zero-order chi connectivity index (χ0) is 12.8. The van der Waals surface area contributed by atoms with Gasteiger partial charge in [-0.15, -0.1) is 0 Å². The molecule has 0 radical (unpaired) electrons. The molecule has 1 aromatic rings.